The number of hydrogen-bond donors (Lipinski definition) is 1. The van der Waals surface area contributed by atoms with Crippen molar-refractivity contribution in [1.82, 2.24) is 10.2 Å². The summed E-state index contributed by atoms with van der Waals surface area (Å²) in [5.41, 5.74) is 0.433. The Morgan fingerprint density at radius 2 is 1.95 bits per heavy atom. The lowest BCUT2D eigenvalue weighted by molar-refractivity contribution is -0.134. The van der Waals surface area contributed by atoms with Gasteiger partial charge in [0.05, 0.1) is 6.54 Å². The van der Waals surface area contributed by atoms with Crippen LogP contribution in [0.25, 0.3) is 0 Å². The Morgan fingerprint density at radius 3 is 2.52 bits per heavy atom. The van der Waals surface area contributed by atoms with E-state index in [9.17, 15) is 14.0 Å². The molecule has 0 unspecified atom stereocenters. The molecule has 21 heavy (non-hydrogen) atoms. The van der Waals surface area contributed by atoms with E-state index >= 15 is 0 Å². The van der Waals surface area contributed by atoms with Crippen LogP contribution >= 0.6 is 0 Å². The summed E-state index contributed by atoms with van der Waals surface area (Å²) in [5.74, 6) is -0.289. The van der Waals surface area contributed by atoms with E-state index in [1.165, 1.54) is 17.9 Å². The van der Waals surface area contributed by atoms with Crippen molar-refractivity contribution in [2.45, 2.75) is 33.7 Å². The molecular formula is C16H23FN2O2. The fourth-order valence-corrected chi connectivity index (χ4v) is 1.83. The Kier molecular flexibility index (Phi) is 6.85. The van der Waals surface area contributed by atoms with E-state index < -0.39 is 0 Å². The zero-order valence-corrected chi connectivity index (χ0v) is 12.9. The lowest BCUT2D eigenvalue weighted by atomic mass is 10.1. The van der Waals surface area contributed by atoms with Crippen LogP contribution in [0.2, 0.25) is 0 Å². The Hall–Kier alpha value is -1.91. The van der Waals surface area contributed by atoms with E-state index in [0.29, 0.717) is 18.0 Å². The van der Waals surface area contributed by atoms with E-state index in [2.05, 4.69) is 19.2 Å². The van der Waals surface area contributed by atoms with E-state index in [1.54, 1.807) is 18.2 Å². The summed E-state index contributed by atoms with van der Waals surface area (Å²) in [6.07, 6.45) is 0.847. The largest absolute Gasteiger partial charge is 0.350 e. The quantitative estimate of drug-likeness (QED) is 0.839. The number of carbonyl (C=O) groups is 2. The maximum Gasteiger partial charge on any atom is 0.239 e. The molecule has 0 fully saturated rings. The van der Waals surface area contributed by atoms with Crippen molar-refractivity contribution in [3.8, 4) is 0 Å². The van der Waals surface area contributed by atoms with E-state index in [0.717, 1.165) is 6.42 Å². The van der Waals surface area contributed by atoms with Gasteiger partial charge >= 0.3 is 0 Å². The standard InChI is InChI=1S/C16H23FN2O2/c1-12(2)8-9-19(13(3)20)11-16(21)18-10-14-6-4-5-7-15(14)17/h4-7,12H,8-11H2,1-3H3,(H,18,21). The number of nitrogens with one attached hydrogen (secondary N) is 1. The molecule has 0 aromatic heterocycles. The first kappa shape index (κ1) is 17.1. The number of carbonyl (C=O) groups excluding carboxylic acids is 2. The van der Waals surface area contributed by atoms with Crippen LogP contribution in [-0.4, -0.2) is 29.8 Å². The van der Waals surface area contributed by atoms with Crippen molar-refractivity contribution < 1.29 is 14.0 Å². The lowest BCUT2D eigenvalue weighted by Gasteiger charge is -2.21. The van der Waals surface area contributed by atoms with Gasteiger partial charge in [0.1, 0.15) is 5.82 Å². The van der Waals surface area contributed by atoms with E-state index in [-0.39, 0.29) is 30.7 Å². The van der Waals surface area contributed by atoms with Crippen LogP contribution in [0.5, 0.6) is 0 Å². The van der Waals surface area contributed by atoms with Crippen LogP contribution in [0.4, 0.5) is 4.39 Å². The van der Waals surface area contributed by atoms with Crippen molar-refractivity contribution in [2.75, 3.05) is 13.1 Å². The number of hydrogen-bond acceptors (Lipinski definition) is 2. The third-order valence-electron chi connectivity index (χ3n) is 3.19. The molecule has 0 atom stereocenters. The smallest absolute Gasteiger partial charge is 0.239 e. The normalized spacial score (nSPS) is 10.5. The molecule has 5 heteroatoms. The molecule has 1 aromatic rings. The molecule has 1 rings (SSSR count). The first-order chi connectivity index (χ1) is 9.90. The van der Waals surface area contributed by atoms with Crippen molar-refractivity contribution >= 4 is 11.8 Å². The maximum atomic E-state index is 13.4. The maximum absolute atomic E-state index is 13.4. The summed E-state index contributed by atoms with van der Waals surface area (Å²) in [4.78, 5) is 24.9. The van der Waals surface area contributed by atoms with Gasteiger partial charge in [0.15, 0.2) is 0 Å². The van der Waals surface area contributed by atoms with Crippen LogP contribution in [0.3, 0.4) is 0 Å². The molecule has 0 aliphatic heterocycles. The molecule has 0 aliphatic rings. The van der Waals surface area contributed by atoms with Crippen LogP contribution in [0.15, 0.2) is 24.3 Å². The monoisotopic (exact) mass is 294 g/mol. The molecule has 4 nitrogen and oxygen atoms in total. The summed E-state index contributed by atoms with van der Waals surface area (Å²) in [6, 6.07) is 6.29. The van der Waals surface area contributed by atoms with Gasteiger partial charge in [0.2, 0.25) is 11.8 Å². The molecule has 0 saturated carbocycles. The average Bonchev–Trinajstić information content (AvgIpc) is 2.42. The van der Waals surface area contributed by atoms with Crippen LogP contribution in [0, 0.1) is 11.7 Å². The average molecular weight is 294 g/mol. The van der Waals surface area contributed by atoms with Gasteiger partial charge < -0.3 is 10.2 Å². The van der Waals surface area contributed by atoms with Crippen LogP contribution in [-0.2, 0) is 16.1 Å². The van der Waals surface area contributed by atoms with Crippen LogP contribution < -0.4 is 5.32 Å². The molecule has 0 saturated heterocycles. The topological polar surface area (TPSA) is 49.4 Å². The van der Waals surface area contributed by atoms with Gasteiger partial charge in [0, 0.05) is 25.6 Å². The van der Waals surface area contributed by atoms with Gasteiger partial charge in [-0.25, -0.2) is 4.39 Å². The Morgan fingerprint density at radius 1 is 1.29 bits per heavy atom. The number of nitrogens with zero attached hydrogens (tertiary/aromatic N) is 1. The van der Waals surface area contributed by atoms with Gasteiger partial charge in [-0.05, 0) is 18.4 Å². The summed E-state index contributed by atoms with van der Waals surface area (Å²) in [6.45, 7) is 6.27. The second-order valence-electron chi connectivity index (χ2n) is 5.49. The molecular weight excluding hydrogens is 271 g/mol. The van der Waals surface area contributed by atoms with E-state index in [4.69, 9.17) is 0 Å². The number of halogens is 1. The predicted octanol–water partition coefficient (Wildman–Crippen LogP) is 2.34. The minimum absolute atomic E-state index is 0.0104. The molecule has 1 aromatic carbocycles. The van der Waals surface area contributed by atoms with Gasteiger partial charge in [0.25, 0.3) is 0 Å². The molecule has 0 bridgehead atoms. The van der Waals surface area contributed by atoms with Gasteiger partial charge in [-0.15, -0.1) is 0 Å². The fraction of sp³-hybridized carbons (Fsp3) is 0.500. The zero-order valence-electron chi connectivity index (χ0n) is 12.9. The summed E-state index contributed by atoms with van der Waals surface area (Å²) < 4.78 is 13.4. The first-order valence-corrected chi connectivity index (χ1v) is 7.15. The minimum atomic E-state index is -0.346. The number of benzene rings is 1. The third-order valence-corrected chi connectivity index (χ3v) is 3.19. The second kappa shape index (κ2) is 8.39. The lowest BCUT2D eigenvalue weighted by Crippen LogP contribution is -2.40. The number of amides is 2. The molecule has 2 amide bonds. The fourth-order valence-electron chi connectivity index (χ4n) is 1.83. The van der Waals surface area contributed by atoms with Crippen LogP contribution in [0.1, 0.15) is 32.8 Å². The minimum Gasteiger partial charge on any atom is -0.350 e. The van der Waals surface area contributed by atoms with Crippen molar-refractivity contribution in [3.05, 3.63) is 35.6 Å². The molecule has 0 spiro atoms. The molecule has 1 N–H and O–H groups in total. The van der Waals surface area contributed by atoms with E-state index in [1.807, 2.05) is 0 Å². The highest BCUT2D eigenvalue weighted by Gasteiger charge is 2.14. The zero-order chi connectivity index (χ0) is 15.8. The molecule has 0 radical (unpaired) electrons. The molecule has 0 heterocycles. The predicted molar refractivity (Wildman–Crippen MR) is 80.0 cm³/mol. The molecule has 116 valence electrons. The Bertz CT molecular complexity index is 489. The van der Waals surface area contributed by atoms with Gasteiger partial charge in [-0.3, -0.25) is 9.59 Å². The van der Waals surface area contributed by atoms with Gasteiger partial charge in [-0.1, -0.05) is 32.0 Å². The summed E-state index contributed by atoms with van der Waals surface area (Å²) in [5, 5.41) is 2.64. The first-order valence-electron chi connectivity index (χ1n) is 7.15. The van der Waals surface area contributed by atoms with Crippen molar-refractivity contribution in [2.24, 2.45) is 5.92 Å². The van der Waals surface area contributed by atoms with Crippen molar-refractivity contribution in [1.29, 1.82) is 0 Å². The van der Waals surface area contributed by atoms with Crippen molar-refractivity contribution in [3.63, 3.8) is 0 Å². The molecule has 0 aliphatic carbocycles. The summed E-state index contributed by atoms with van der Waals surface area (Å²) in [7, 11) is 0. The second-order valence-corrected chi connectivity index (χ2v) is 5.49. The summed E-state index contributed by atoms with van der Waals surface area (Å²) >= 11 is 0. The highest BCUT2D eigenvalue weighted by Crippen LogP contribution is 2.06. The van der Waals surface area contributed by atoms with Gasteiger partial charge in [-0.2, -0.15) is 0 Å². The number of rotatable bonds is 7. The SMILES string of the molecule is CC(=O)N(CCC(C)C)CC(=O)NCc1ccccc1F. The highest BCUT2D eigenvalue weighted by atomic mass is 19.1. The third kappa shape index (κ3) is 6.38. The Balaban J connectivity index is 2.47. The Labute approximate surface area is 125 Å². The highest BCUT2D eigenvalue weighted by molar-refractivity contribution is 5.83.